The van der Waals surface area contributed by atoms with Gasteiger partial charge in [0.05, 0.1) is 27.9 Å². The summed E-state index contributed by atoms with van der Waals surface area (Å²) < 4.78 is 101. The predicted molar refractivity (Wildman–Crippen MR) is 113 cm³/mol. The summed E-state index contributed by atoms with van der Waals surface area (Å²) in [4.78, 5) is 6.58. The third-order valence-electron chi connectivity index (χ3n) is 5.02. The van der Waals surface area contributed by atoms with Gasteiger partial charge in [0.2, 0.25) is 5.76 Å². The Balaban J connectivity index is 0.00000324. The first kappa shape index (κ1) is 26.2. The second-order valence-corrected chi connectivity index (χ2v) is 8.49. The Bertz CT molecular complexity index is 1350. The quantitative estimate of drug-likeness (QED) is 0.248. The van der Waals surface area contributed by atoms with Crippen molar-refractivity contribution in [1.29, 1.82) is 0 Å². The number of fused-ring (bicyclic) bond motifs is 1. The van der Waals surface area contributed by atoms with Gasteiger partial charge in [0, 0.05) is 17.0 Å². The molecule has 2 heterocycles. The molecule has 0 unspecified atom stereocenters. The SMILES string of the molecule is CC(C)(C)c1cc(-c2nc3cc(-c4c(F)cccc4C(F)(F)F)cc(C(F)(F)F)c3[nH]2)on1.[NaH]. The summed E-state index contributed by atoms with van der Waals surface area (Å²) in [6.45, 7) is 5.57. The Labute approximate surface area is 210 Å². The normalized spacial score (nSPS) is 12.8. The zero-order chi connectivity index (χ0) is 24.3. The van der Waals surface area contributed by atoms with E-state index in [1.807, 2.05) is 20.8 Å². The van der Waals surface area contributed by atoms with E-state index in [4.69, 9.17) is 4.52 Å². The standard InChI is InChI=1S/C22H16F7N3O.Na.H/c1-20(2,3)16-9-15(33-32-16)19-30-14-8-10(7-12(18(14)31-19)22(27,28)29)17-11(21(24,25)26)5-4-6-13(17)23;;/h4-9H,1-3H3,(H,30,31);;. The van der Waals surface area contributed by atoms with Gasteiger partial charge in [-0.15, -0.1) is 0 Å². The first-order valence-electron chi connectivity index (χ1n) is 9.61. The van der Waals surface area contributed by atoms with Crippen LogP contribution in [0.2, 0.25) is 0 Å². The fraction of sp³-hybridized carbons (Fsp3) is 0.273. The predicted octanol–water partition coefficient (Wildman–Crippen LogP) is 6.71. The molecule has 0 spiro atoms. The Kier molecular flexibility index (Phi) is 6.71. The van der Waals surface area contributed by atoms with Crippen LogP contribution in [0.15, 0.2) is 40.9 Å². The van der Waals surface area contributed by atoms with E-state index < -0.39 is 51.4 Å². The van der Waals surface area contributed by atoms with Crippen LogP contribution < -0.4 is 0 Å². The monoisotopic (exact) mass is 495 g/mol. The molecule has 0 bridgehead atoms. The average molecular weight is 495 g/mol. The minimum atomic E-state index is -4.98. The fourth-order valence-corrected chi connectivity index (χ4v) is 3.39. The molecule has 0 aliphatic carbocycles. The Morgan fingerprint density at radius 1 is 0.882 bits per heavy atom. The number of rotatable bonds is 2. The van der Waals surface area contributed by atoms with Crippen molar-refractivity contribution in [3.63, 3.8) is 0 Å². The topological polar surface area (TPSA) is 54.7 Å². The van der Waals surface area contributed by atoms with E-state index in [1.54, 1.807) is 0 Å². The van der Waals surface area contributed by atoms with Crippen LogP contribution in [0.4, 0.5) is 30.7 Å². The van der Waals surface area contributed by atoms with Crippen molar-refractivity contribution < 1.29 is 35.3 Å². The number of alkyl halides is 6. The zero-order valence-corrected chi connectivity index (χ0v) is 17.4. The Hall–Kier alpha value is -2.37. The molecule has 0 fully saturated rings. The fourth-order valence-electron chi connectivity index (χ4n) is 3.39. The van der Waals surface area contributed by atoms with Crippen molar-refractivity contribution in [1.82, 2.24) is 15.1 Å². The van der Waals surface area contributed by atoms with Gasteiger partial charge in [-0.2, -0.15) is 26.3 Å². The van der Waals surface area contributed by atoms with Crippen molar-refractivity contribution in [3.05, 3.63) is 59.0 Å². The number of nitrogens with zero attached hydrogens (tertiary/aromatic N) is 2. The van der Waals surface area contributed by atoms with Gasteiger partial charge in [0.1, 0.15) is 5.82 Å². The van der Waals surface area contributed by atoms with Crippen LogP contribution in [0, 0.1) is 5.82 Å². The van der Waals surface area contributed by atoms with Crippen LogP contribution >= 0.6 is 0 Å². The molecule has 0 aliphatic heterocycles. The van der Waals surface area contributed by atoms with E-state index in [-0.39, 0.29) is 46.7 Å². The number of aromatic nitrogens is 3. The van der Waals surface area contributed by atoms with Gasteiger partial charge in [-0.3, -0.25) is 0 Å². The summed E-state index contributed by atoms with van der Waals surface area (Å²) in [5.74, 6) is -1.36. The number of aromatic amines is 1. The Morgan fingerprint density at radius 3 is 2.09 bits per heavy atom. The second-order valence-electron chi connectivity index (χ2n) is 8.49. The summed E-state index contributed by atoms with van der Waals surface area (Å²) in [5.41, 5.74) is -4.94. The molecule has 0 atom stereocenters. The third-order valence-corrected chi connectivity index (χ3v) is 5.02. The van der Waals surface area contributed by atoms with E-state index in [9.17, 15) is 30.7 Å². The molecule has 176 valence electrons. The number of hydrogen-bond acceptors (Lipinski definition) is 3. The summed E-state index contributed by atoms with van der Waals surface area (Å²) in [6.07, 6.45) is -9.94. The van der Waals surface area contributed by atoms with Gasteiger partial charge in [-0.05, 0) is 29.8 Å². The summed E-state index contributed by atoms with van der Waals surface area (Å²) in [6, 6.07) is 5.14. The molecule has 4 nitrogen and oxygen atoms in total. The van der Waals surface area contributed by atoms with Gasteiger partial charge >= 0.3 is 41.9 Å². The van der Waals surface area contributed by atoms with Crippen LogP contribution in [-0.2, 0) is 17.8 Å². The van der Waals surface area contributed by atoms with Crippen molar-refractivity contribution in [2.75, 3.05) is 0 Å². The van der Waals surface area contributed by atoms with Crippen LogP contribution in [0.25, 0.3) is 33.7 Å². The molecule has 2 aromatic heterocycles. The molecule has 0 aliphatic rings. The van der Waals surface area contributed by atoms with E-state index >= 15 is 0 Å². The van der Waals surface area contributed by atoms with Crippen molar-refractivity contribution in [2.24, 2.45) is 0 Å². The Morgan fingerprint density at radius 2 is 1.53 bits per heavy atom. The molecule has 1 N–H and O–H groups in total. The molecular weight excluding hydrogens is 478 g/mol. The first-order valence-corrected chi connectivity index (χ1v) is 9.61. The molecule has 0 amide bonds. The number of hydrogen-bond donors (Lipinski definition) is 1. The molecule has 0 saturated carbocycles. The molecule has 4 aromatic rings. The van der Waals surface area contributed by atoms with Gasteiger partial charge in [-0.1, -0.05) is 32.0 Å². The zero-order valence-electron chi connectivity index (χ0n) is 17.4. The summed E-state index contributed by atoms with van der Waals surface area (Å²) in [7, 11) is 0. The van der Waals surface area contributed by atoms with Crippen molar-refractivity contribution in [3.8, 4) is 22.7 Å². The van der Waals surface area contributed by atoms with E-state index in [1.165, 1.54) is 6.07 Å². The summed E-state index contributed by atoms with van der Waals surface area (Å²) >= 11 is 0. The van der Waals surface area contributed by atoms with Crippen LogP contribution in [0.1, 0.15) is 37.6 Å². The molecule has 2 aromatic carbocycles. The van der Waals surface area contributed by atoms with Gasteiger partial charge < -0.3 is 9.51 Å². The average Bonchev–Trinajstić information content (AvgIpc) is 3.32. The molecule has 34 heavy (non-hydrogen) atoms. The molecular formula is C22H17F7N3NaO. The van der Waals surface area contributed by atoms with Crippen LogP contribution in [0.3, 0.4) is 0 Å². The van der Waals surface area contributed by atoms with Crippen molar-refractivity contribution >= 4 is 40.6 Å². The van der Waals surface area contributed by atoms with Gasteiger partial charge in [0.25, 0.3) is 0 Å². The van der Waals surface area contributed by atoms with Crippen molar-refractivity contribution in [2.45, 2.75) is 38.5 Å². The van der Waals surface area contributed by atoms with Crippen LogP contribution in [0.5, 0.6) is 0 Å². The number of halogens is 7. The van der Waals surface area contributed by atoms with Gasteiger partial charge in [-0.25, -0.2) is 9.37 Å². The first-order chi connectivity index (χ1) is 15.2. The second kappa shape index (κ2) is 8.69. The minimum absolute atomic E-state index is 0. The van der Waals surface area contributed by atoms with Crippen LogP contribution in [-0.4, -0.2) is 44.7 Å². The molecule has 4 rings (SSSR count). The molecule has 0 saturated heterocycles. The third kappa shape index (κ3) is 4.87. The summed E-state index contributed by atoms with van der Waals surface area (Å²) in [5, 5.41) is 3.89. The number of benzene rings is 2. The van der Waals surface area contributed by atoms with E-state index in [0.29, 0.717) is 17.8 Å². The maximum atomic E-state index is 14.4. The number of nitrogens with one attached hydrogen (secondary N) is 1. The molecule has 12 heteroatoms. The molecule has 0 radical (unpaired) electrons. The van der Waals surface area contributed by atoms with E-state index in [2.05, 4.69) is 15.1 Å². The number of H-pyrrole nitrogens is 1. The number of imidazole rings is 1. The maximum absolute atomic E-state index is 14.4. The van der Waals surface area contributed by atoms with E-state index in [0.717, 1.165) is 18.2 Å². The van der Waals surface area contributed by atoms with Gasteiger partial charge in [0.15, 0.2) is 5.82 Å².